The van der Waals surface area contributed by atoms with Crippen molar-refractivity contribution in [2.24, 2.45) is 0 Å². The van der Waals surface area contributed by atoms with Crippen molar-refractivity contribution in [1.29, 1.82) is 0 Å². The molecule has 0 aromatic rings. The molecule has 5 nitrogen and oxygen atoms in total. The van der Waals surface area contributed by atoms with Gasteiger partial charge < -0.3 is 14.6 Å². The highest BCUT2D eigenvalue weighted by molar-refractivity contribution is 5.70. The average Bonchev–Trinajstić information content (AvgIpc) is 3.30. The minimum Gasteiger partial charge on any atom is -0.462 e. The minimum absolute atomic E-state index is 0.0556. The van der Waals surface area contributed by atoms with Crippen molar-refractivity contribution < 1.29 is 24.2 Å². The molecule has 0 aliphatic carbocycles. The Morgan fingerprint density at radius 2 is 0.484 bits per heavy atom. The van der Waals surface area contributed by atoms with E-state index in [0.29, 0.717) is 12.8 Å². The summed E-state index contributed by atoms with van der Waals surface area (Å²) >= 11 is 0. The van der Waals surface area contributed by atoms with E-state index in [-0.39, 0.29) is 25.2 Å². The van der Waals surface area contributed by atoms with Gasteiger partial charge in [-0.05, 0) is 12.8 Å². The van der Waals surface area contributed by atoms with Crippen molar-refractivity contribution in [2.45, 2.75) is 354 Å². The SMILES string of the molecule is CCCCCCCCCCCCCCCCCCCCCCCCCCCC(=O)OC[C@H](CO)OC(=O)CCCCCCCCCCCCCCCCCCCCCCCCCCC. The fraction of sp³-hybridized carbons (Fsp3) is 0.966. The zero-order valence-electron chi connectivity index (χ0n) is 43.8. The summed E-state index contributed by atoms with van der Waals surface area (Å²) in [4.78, 5) is 24.5. The molecular weight excluding hydrogens is 789 g/mol. The van der Waals surface area contributed by atoms with Crippen LogP contribution in [0.1, 0.15) is 348 Å². The van der Waals surface area contributed by atoms with Crippen molar-refractivity contribution in [3.8, 4) is 0 Å². The predicted molar refractivity (Wildman–Crippen MR) is 279 cm³/mol. The number of esters is 2. The van der Waals surface area contributed by atoms with E-state index in [1.165, 1.54) is 289 Å². The molecule has 0 saturated carbocycles. The van der Waals surface area contributed by atoms with E-state index >= 15 is 0 Å². The summed E-state index contributed by atoms with van der Waals surface area (Å²) < 4.78 is 10.7. The fourth-order valence-electron chi connectivity index (χ4n) is 9.44. The van der Waals surface area contributed by atoms with Gasteiger partial charge in [0.2, 0.25) is 0 Å². The van der Waals surface area contributed by atoms with E-state index in [1.807, 2.05) is 0 Å². The van der Waals surface area contributed by atoms with Crippen LogP contribution in [0.4, 0.5) is 0 Å². The average molecular weight is 906 g/mol. The second-order valence-corrected chi connectivity index (χ2v) is 20.4. The van der Waals surface area contributed by atoms with Crippen LogP contribution >= 0.6 is 0 Å². The Hall–Kier alpha value is -1.10. The van der Waals surface area contributed by atoms with Gasteiger partial charge in [0.05, 0.1) is 6.61 Å². The molecule has 0 aromatic heterocycles. The topological polar surface area (TPSA) is 72.8 Å². The third-order valence-corrected chi connectivity index (χ3v) is 13.9. The molecule has 0 aliphatic heterocycles. The van der Waals surface area contributed by atoms with Gasteiger partial charge in [-0.25, -0.2) is 0 Å². The number of carbonyl (C=O) groups is 2. The quantitative estimate of drug-likeness (QED) is 0.0486. The normalized spacial score (nSPS) is 12.0. The molecule has 1 N–H and O–H groups in total. The van der Waals surface area contributed by atoms with E-state index in [2.05, 4.69) is 13.8 Å². The number of hydrogen-bond acceptors (Lipinski definition) is 5. The lowest BCUT2D eigenvalue weighted by molar-refractivity contribution is -0.161. The fourth-order valence-corrected chi connectivity index (χ4v) is 9.44. The number of aliphatic hydroxyl groups is 1. The van der Waals surface area contributed by atoms with E-state index < -0.39 is 6.10 Å². The number of aliphatic hydroxyl groups excluding tert-OH is 1. The molecule has 0 fully saturated rings. The summed E-state index contributed by atoms with van der Waals surface area (Å²) in [5.74, 6) is -0.562. The van der Waals surface area contributed by atoms with Crippen molar-refractivity contribution in [3.63, 3.8) is 0 Å². The van der Waals surface area contributed by atoms with Gasteiger partial charge >= 0.3 is 11.9 Å². The second kappa shape index (κ2) is 56.2. The molecule has 0 bridgehead atoms. The van der Waals surface area contributed by atoms with Crippen LogP contribution in [0.2, 0.25) is 0 Å². The summed E-state index contributed by atoms with van der Waals surface area (Å²) in [6.45, 7) is 4.21. The molecule has 0 heterocycles. The van der Waals surface area contributed by atoms with Crippen LogP contribution < -0.4 is 0 Å². The Morgan fingerprint density at radius 1 is 0.297 bits per heavy atom. The zero-order chi connectivity index (χ0) is 46.3. The van der Waals surface area contributed by atoms with Crippen LogP contribution in [0.5, 0.6) is 0 Å². The van der Waals surface area contributed by atoms with Gasteiger partial charge in [0.15, 0.2) is 6.10 Å². The molecule has 1 atom stereocenters. The van der Waals surface area contributed by atoms with Crippen molar-refractivity contribution >= 4 is 11.9 Å². The largest absolute Gasteiger partial charge is 0.462 e. The first-order valence-electron chi connectivity index (χ1n) is 29.6. The molecule has 0 amide bonds. The monoisotopic (exact) mass is 905 g/mol. The highest BCUT2D eigenvalue weighted by Gasteiger charge is 2.16. The summed E-state index contributed by atoms with van der Waals surface area (Å²) in [7, 11) is 0. The van der Waals surface area contributed by atoms with E-state index in [1.54, 1.807) is 0 Å². The van der Waals surface area contributed by atoms with Gasteiger partial charge in [0.25, 0.3) is 0 Å². The Morgan fingerprint density at radius 3 is 0.688 bits per heavy atom. The number of unbranched alkanes of at least 4 members (excludes halogenated alkanes) is 48. The smallest absolute Gasteiger partial charge is 0.306 e. The number of ether oxygens (including phenoxy) is 2. The van der Waals surface area contributed by atoms with Gasteiger partial charge in [-0.2, -0.15) is 0 Å². The van der Waals surface area contributed by atoms with Gasteiger partial charge in [-0.1, -0.05) is 322 Å². The Balaban J connectivity index is 3.39. The molecule has 0 aromatic carbocycles. The Kier molecular flexibility index (Phi) is 55.3. The first-order chi connectivity index (χ1) is 31.6. The van der Waals surface area contributed by atoms with Crippen LogP contribution in [-0.4, -0.2) is 36.4 Å². The lowest BCUT2D eigenvalue weighted by Gasteiger charge is -2.15. The van der Waals surface area contributed by atoms with Gasteiger partial charge in [0.1, 0.15) is 6.61 Å². The molecule has 0 radical (unpaired) electrons. The van der Waals surface area contributed by atoms with E-state index in [4.69, 9.17) is 9.47 Å². The van der Waals surface area contributed by atoms with E-state index in [9.17, 15) is 14.7 Å². The lowest BCUT2D eigenvalue weighted by Crippen LogP contribution is -2.28. The summed E-state index contributed by atoms with van der Waals surface area (Å²) in [6.07, 6.45) is 68.1. The molecular formula is C59H116O5. The molecule has 0 unspecified atom stereocenters. The van der Waals surface area contributed by atoms with Gasteiger partial charge in [-0.3, -0.25) is 9.59 Å². The third-order valence-electron chi connectivity index (χ3n) is 13.9. The molecule has 0 aliphatic rings. The number of carbonyl (C=O) groups excluding carboxylic acids is 2. The number of rotatable bonds is 56. The van der Waals surface area contributed by atoms with Crippen molar-refractivity contribution in [2.75, 3.05) is 13.2 Å². The molecule has 5 heteroatoms. The Bertz CT molecular complexity index is 891. The Labute approximate surface area is 401 Å². The first kappa shape index (κ1) is 62.9. The summed E-state index contributed by atoms with van der Waals surface area (Å²) in [5, 5.41) is 9.66. The minimum atomic E-state index is -0.764. The maximum absolute atomic E-state index is 12.3. The molecule has 0 spiro atoms. The summed E-state index contributed by atoms with van der Waals surface area (Å²) in [5.41, 5.74) is 0. The lowest BCUT2D eigenvalue weighted by atomic mass is 10.0. The van der Waals surface area contributed by atoms with Crippen LogP contribution in [0.25, 0.3) is 0 Å². The van der Waals surface area contributed by atoms with Crippen LogP contribution in [-0.2, 0) is 19.1 Å². The molecule has 382 valence electrons. The van der Waals surface area contributed by atoms with E-state index in [0.717, 1.165) is 32.1 Å². The highest BCUT2D eigenvalue weighted by atomic mass is 16.6. The van der Waals surface area contributed by atoms with Crippen LogP contribution in [0.3, 0.4) is 0 Å². The molecule has 0 rings (SSSR count). The van der Waals surface area contributed by atoms with Crippen LogP contribution in [0.15, 0.2) is 0 Å². The maximum atomic E-state index is 12.3. The molecule has 0 saturated heterocycles. The standard InChI is InChI=1S/C59H116O5/c1-3-5-7-9-11-13-15-17-19-21-23-25-27-29-31-33-35-37-39-41-43-45-47-49-51-53-58(61)63-56-57(55-60)64-59(62)54-52-50-48-46-44-42-40-38-36-34-32-30-28-26-24-22-20-18-16-14-12-10-8-6-4-2/h57,60H,3-56H2,1-2H3/t57-/m0/s1. The zero-order valence-corrected chi connectivity index (χ0v) is 43.8. The maximum Gasteiger partial charge on any atom is 0.306 e. The highest BCUT2D eigenvalue weighted by Crippen LogP contribution is 2.19. The van der Waals surface area contributed by atoms with Gasteiger partial charge in [0, 0.05) is 12.8 Å². The second-order valence-electron chi connectivity index (χ2n) is 20.4. The van der Waals surface area contributed by atoms with Crippen LogP contribution in [0, 0.1) is 0 Å². The first-order valence-corrected chi connectivity index (χ1v) is 29.6. The van der Waals surface area contributed by atoms with Crippen molar-refractivity contribution in [1.82, 2.24) is 0 Å². The van der Waals surface area contributed by atoms with Gasteiger partial charge in [-0.15, -0.1) is 0 Å². The number of hydrogen-bond donors (Lipinski definition) is 1. The third kappa shape index (κ3) is 53.5. The summed E-state index contributed by atoms with van der Waals surface area (Å²) in [6, 6.07) is 0. The van der Waals surface area contributed by atoms with Crippen molar-refractivity contribution in [3.05, 3.63) is 0 Å². The molecule has 64 heavy (non-hydrogen) atoms. The predicted octanol–water partition coefficient (Wildman–Crippen LogP) is 19.8.